The van der Waals surface area contributed by atoms with Crippen molar-refractivity contribution in [1.29, 1.82) is 0 Å². The summed E-state index contributed by atoms with van der Waals surface area (Å²) in [6.07, 6.45) is 2.13. The minimum Gasteiger partial charge on any atom is -0.548 e. The van der Waals surface area contributed by atoms with Crippen molar-refractivity contribution < 1.29 is 29.0 Å². The molecule has 0 spiro atoms. The maximum Gasteiger partial charge on any atom is 0.220 e. The number of amides is 1. The predicted molar refractivity (Wildman–Crippen MR) is 108 cm³/mol. The predicted octanol–water partition coefficient (Wildman–Crippen LogP) is 2.51. The summed E-state index contributed by atoms with van der Waals surface area (Å²) in [4.78, 5) is 35.8. The molecule has 2 atom stereocenters. The number of carboxylic acids is 1. The molecule has 1 amide bonds. The van der Waals surface area contributed by atoms with Crippen molar-refractivity contribution >= 4 is 17.7 Å². The van der Waals surface area contributed by atoms with Crippen LogP contribution in [0.2, 0.25) is 0 Å². The Labute approximate surface area is 172 Å². The zero-order chi connectivity index (χ0) is 21.8. The van der Waals surface area contributed by atoms with Crippen LogP contribution in [0.3, 0.4) is 0 Å². The van der Waals surface area contributed by atoms with Crippen LogP contribution in [0.25, 0.3) is 0 Å². The molecule has 0 aliphatic heterocycles. The number of ketones is 1. The number of carboxylic acid groups (broad SMARTS) is 1. The minimum absolute atomic E-state index is 0.0332. The van der Waals surface area contributed by atoms with Gasteiger partial charge in [-0.25, -0.2) is 0 Å². The summed E-state index contributed by atoms with van der Waals surface area (Å²) in [5.74, 6) is -1.20. The average Bonchev–Trinajstić information content (AvgIpc) is 2.72. The van der Waals surface area contributed by atoms with Crippen molar-refractivity contribution in [3.63, 3.8) is 0 Å². The van der Waals surface area contributed by atoms with E-state index in [1.165, 1.54) is 0 Å². The molecule has 1 aromatic carbocycles. The first kappa shape index (κ1) is 24.5. The van der Waals surface area contributed by atoms with Gasteiger partial charge < -0.3 is 24.7 Å². The third-order valence-corrected chi connectivity index (χ3v) is 4.55. The van der Waals surface area contributed by atoms with Crippen LogP contribution in [0.4, 0.5) is 0 Å². The normalized spacial score (nSPS) is 12.7. The highest BCUT2D eigenvalue weighted by Gasteiger charge is 2.20. The molecule has 7 nitrogen and oxygen atoms in total. The maximum atomic E-state index is 12.5. The van der Waals surface area contributed by atoms with Gasteiger partial charge in [0.05, 0.1) is 25.2 Å². The van der Waals surface area contributed by atoms with Crippen LogP contribution >= 0.6 is 0 Å². The highest BCUT2D eigenvalue weighted by Crippen LogP contribution is 2.29. The summed E-state index contributed by atoms with van der Waals surface area (Å²) in [5, 5.41) is 13.7. The van der Waals surface area contributed by atoms with E-state index >= 15 is 0 Å². The van der Waals surface area contributed by atoms with E-state index in [-0.39, 0.29) is 24.5 Å². The second kappa shape index (κ2) is 12.8. The number of aliphatic carboxylic acids is 1. The van der Waals surface area contributed by atoms with E-state index in [1.807, 2.05) is 20.8 Å². The van der Waals surface area contributed by atoms with Crippen molar-refractivity contribution in [2.24, 2.45) is 5.92 Å². The summed E-state index contributed by atoms with van der Waals surface area (Å²) in [5.41, 5.74) is 0.422. The van der Waals surface area contributed by atoms with Gasteiger partial charge in [0.2, 0.25) is 5.91 Å². The van der Waals surface area contributed by atoms with Crippen molar-refractivity contribution in [3.8, 4) is 11.5 Å². The number of nitrogens with one attached hydrogen (secondary N) is 1. The van der Waals surface area contributed by atoms with Gasteiger partial charge in [-0.3, -0.25) is 9.59 Å². The molecule has 0 heterocycles. The lowest BCUT2D eigenvalue weighted by atomic mass is 9.99. The van der Waals surface area contributed by atoms with Crippen LogP contribution in [-0.2, 0) is 9.59 Å². The molecule has 0 saturated heterocycles. The largest absolute Gasteiger partial charge is 0.548 e. The molecule has 0 bridgehead atoms. The zero-order valence-corrected chi connectivity index (χ0v) is 17.8. The number of ether oxygens (including phenoxy) is 2. The number of hydrogen-bond donors (Lipinski definition) is 1. The maximum absolute atomic E-state index is 12.5. The summed E-state index contributed by atoms with van der Waals surface area (Å²) < 4.78 is 11.3. The number of Topliss-reactive ketones (excluding diaryl/α,β-unsaturated/α-hetero) is 1. The second-order valence-electron chi connectivity index (χ2n) is 7.03. The molecular formula is C22H32NO6-. The van der Waals surface area contributed by atoms with Crippen LogP contribution < -0.4 is 19.9 Å². The van der Waals surface area contributed by atoms with Crippen molar-refractivity contribution in [1.82, 2.24) is 5.32 Å². The Morgan fingerprint density at radius 2 is 1.62 bits per heavy atom. The van der Waals surface area contributed by atoms with Crippen molar-refractivity contribution in [3.05, 3.63) is 23.8 Å². The Balaban J connectivity index is 2.75. The molecule has 0 unspecified atom stereocenters. The van der Waals surface area contributed by atoms with Gasteiger partial charge in [0.25, 0.3) is 0 Å². The van der Waals surface area contributed by atoms with E-state index in [0.717, 1.165) is 12.8 Å². The van der Waals surface area contributed by atoms with Crippen LogP contribution in [0.5, 0.6) is 11.5 Å². The number of hydrogen-bond acceptors (Lipinski definition) is 6. The van der Waals surface area contributed by atoms with E-state index in [1.54, 1.807) is 25.1 Å². The third kappa shape index (κ3) is 8.13. The first-order valence-electron chi connectivity index (χ1n) is 10.3. The lowest BCUT2D eigenvalue weighted by Gasteiger charge is -2.25. The van der Waals surface area contributed by atoms with Crippen molar-refractivity contribution in [2.45, 2.75) is 65.8 Å². The third-order valence-electron chi connectivity index (χ3n) is 4.55. The van der Waals surface area contributed by atoms with E-state index in [2.05, 4.69) is 5.32 Å². The molecule has 0 fully saturated rings. The lowest BCUT2D eigenvalue weighted by Crippen LogP contribution is -2.51. The fourth-order valence-electron chi connectivity index (χ4n) is 2.62. The Morgan fingerprint density at radius 1 is 1.00 bits per heavy atom. The highest BCUT2D eigenvalue weighted by atomic mass is 16.5. The number of rotatable bonds is 14. The summed E-state index contributed by atoms with van der Waals surface area (Å²) in [7, 11) is 0. The molecule has 1 N–H and O–H groups in total. The van der Waals surface area contributed by atoms with E-state index in [9.17, 15) is 19.5 Å². The van der Waals surface area contributed by atoms with Crippen LogP contribution in [0.15, 0.2) is 18.2 Å². The Kier molecular flexibility index (Phi) is 10.8. The van der Waals surface area contributed by atoms with Crippen LogP contribution in [-0.4, -0.2) is 36.9 Å². The first-order valence-corrected chi connectivity index (χ1v) is 10.3. The molecule has 0 aliphatic rings. The van der Waals surface area contributed by atoms with Gasteiger partial charge in [-0.05, 0) is 37.0 Å². The monoisotopic (exact) mass is 406 g/mol. The number of carbonyl (C=O) groups excluding carboxylic acids is 3. The highest BCUT2D eigenvalue weighted by molar-refractivity contribution is 5.98. The fourth-order valence-corrected chi connectivity index (χ4v) is 2.62. The number of carbonyl (C=O) groups is 3. The van der Waals surface area contributed by atoms with Crippen molar-refractivity contribution in [2.75, 3.05) is 13.2 Å². The molecular weight excluding hydrogens is 374 g/mol. The number of benzene rings is 1. The smallest absolute Gasteiger partial charge is 0.220 e. The summed E-state index contributed by atoms with van der Waals surface area (Å²) in [6, 6.07) is 3.91. The van der Waals surface area contributed by atoms with Gasteiger partial charge in [-0.2, -0.15) is 0 Å². The van der Waals surface area contributed by atoms with Gasteiger partial charge >= 0.3 is 0 Å². The van der Waals surface area contributed by atoms with Gasteiger partial charge in [0.1, 0.15) is 0 Å². The molecule has 0 radical (unpaired) electrons. The van der Waals surface area contributed by atoms with E-state index in [4.69, 9.17) is 9.47 Å². The summed E-state index contributed by atoms with van der Waals surface area (Å²) >= 11 is 0. The van der Waals surface area contributed by atoms with Gasteiger partial charge in [-0.15, -0.1) is 0 Å². The molecule has 29 heavy (non-hydrogen) atoms. The standard InChI is InChI=1S/C22H33NO6/c1-5-12-28-18-10-8-16(14-19(18)29-13-6-2)17(24)9-11-20(25)23-21(22(26)27)15(4)7-3/h8,10,14-15,21H,5-7,9,11-13H2,1-4H3,(H,23,25)(H,26,27)/p-1/t15-,21-/m0/s1. The molecule has 0 aromatic heterocycles. The first-order chi connectivity index (χ1) is 13.8. The van der Waals surface area contributed by atoms with Gasteiger partial charge in [0, 0.05) is 18.4 Å². The molecule has 1 rings (SSSR count). The topological polar surface area (TPSA) is 105 Å². The Bertz CT molecular complexity index is 688. The zero-order valence-electron chi connectivity index (χ0n) is 17.8. The minimum atomic E-state index is -1.32. The fraction of sp³-hybridized carbons (Fsp3) is 0.591. The van der Waals surface area contributed by atoms with E-state index in [0.29, 0.717) is 36.7 Å². The van der Waals surface area contributed by atoms with Crippen LogP contribution in [0, 0.1) is 5.92 Å². The SMILES string of the molecule is CCCOc1ccc(C(=O)CCC(=O)N[C@H](C(=O)[O-])[C@@H](C)CC)cc1OCCC. The van der Waals surface area contributed by atoms with Crippen LogP contribution in [0.1, 0.15) is 70.2 Å². The van der Waals surface area contributed by atoms with Gasteiger partial charge in [-0.1, -0.05) is 34.1 Å². The molecule has 0 aliphatic carbocycles. The quantitative estimate of drug-likeness (QED) is 0.476. The second-order valence-corrected chi connectivity index (χ2v) is 7.03. The molecule has 7 heteroatoms. The Morgan fingerprint density at radius 3 is 2.17 bits per heavy atom. The molecule has 0 saturated carbocycles. The Hall–Kier alpha value is -2.57. The molecule has 1 aromatic rings. The lowest BCUT2D eigenvalue weighted by molar-refractivity contribution is -0.309. The van der Waals surface area contributed by atoms with Gasteiger partial charge in [0.15, 0.2) is 17.3 Å². The average molecular weight is 406 g/mol. The summed E-state index contributed by atoms with van der Waals surface area (Å²) in [6.45, 7) is 8.60. The van der Waals surface area contributed by atoms with E-state index < -0.39 is 17.9 Å². The molecule has 162 valence electrons.